The van der Waals surface area contributed by atoms with Gasteiger partial charge in [0.25, 0.3) is 0 Å². The number of ether oxygens (including phenoxy) is 1. The van der Waals surface area contributed by atoms with Crippen LogP contribution in [0.15, 0.2) is 146 Å². The molecule has 0 saturated heterocycles. The molecule has 0 unspecified atom stereocenters. The van der Waals surface area contributed by atoms with Gasteiger partial charge in [-0.3, -0.25) is 0 Å². The molecule has 50 heavy (non-hydrogen) atoms. The standard InChI is InChI=1S/C22H21NO2.C20H17NO2.Na.H2O/c1-2-25-22(24)13-10-17-6-5-7-18(14-17)16-23-21-12-11-19-8-3-4-9-20(19)15-21;22-20(23)11-8-15-4-3-5-16(12-15)14-21-19-10-9-17-6-1-2-7-18(17)13-19;;/h3-15,23H,2,16H2,1H3;1-13,21H,14H2,(H,22,23);;1H2/q;;+1;/p-1/b13-10+;11-8+;;. The minimum Gasteiger partial charge on any atom is -0.870 e. The molecule has 6 rings (SSSR count). The summed E-state index contributed by atoms with van der Waals surface area (Å²) in [5, 5.41) is 20.4. The molecule has 0 heterocycles. The molecule has 0 spiro atoms. The van der Waals surface area contributed by atoms with Crippen LogP contribution in [0.3, 0.4) is 0 Å². The first-order valence-electron chi connectivity index (χ1n) is 15.8. The van der Waals surface area contributed by atoms with Gasteiger partial charge in [-0.15, -0.1) is 0 Å². The molecule has 0 atom stereocenters. The number of carboxylic acids is 1. The molecular weight excluding hydrogens is 635 g/mol. The zero-order valence-corrected chi connectivity index (χ0v) is 30.3. The van der Waals surface area contributed by atoms with Gasteiger partial charge in [-0.25, -0.2) is 9.59 Å². The smallest absolute Gasteiger partial charge is 0.870 e. The van der Waals surface area contributed by atoms with E-state index in [2.05, 4.69) is 83.4 Å². The Bertz CT molecular complexity index is 2080. The first-order valence-corrected chi connectivity index (χ1v) is 15.8. The van der Waals surface area contributed by atoms with Crippen LogP contribution < -0.4 is 40.2 Å². The summed E-state index contributed by atoms with van der Waals surface area (Å²) in [4.78, 5) is 22.0. The van der Waals surface area contributed by atoms with E-state index in [1.54, 1.807) is 19.1 Å². The van der Waals surface area contributed by atoms with Crippen molar-refractivity contribution in [2.45, 2.75) is 20.0 Å². The van der Waals surface area contributed by atoms with Gasteiger partial charge in [-0.1, -0.05) is 97.1 Å². The number of nitrogens with one attached hydrogen (secondary N) is 2. The Morgan fingerprint density at radius 3 is 1.52 bits per heavy atom. The van der Waals surface area contributed by atoms with Crippen molar-refractivity contribution in [3.8, 4) is 0 Å². The van der Waals surface area contributed by atoms with Crippen molar-refractivity contribution >= 4 is 57.0 Å². The molecule has 6 aromatic carbocycles. The summed E-state index contributed by atoms with van der Waals surface area (Å²) in [5.41, 5.74) is 6.27. The van der Waals surface area contributed by atoms with Crippen LogP contribution in [0.5, 0.6) is 0 Å². The van der Waals surface area contributed by atoms with Crippen molar-refractivity contribution in [1.29, 1.82) is 0 Å². The molecular formula is C42H39N2NaO5. The third-order valence-corrected chi connectivity index (χ3v) is 7.51. The molecule has 0 aliphatic heterocycles. The topological polar surface area (TPSA) is 118 Å². The summed E-state index contributed by atoms with van der Waals surface area (Å²) in [6.45, 7) is 3.59. The van der Waals surface area contributed by atoms with Gasteiger partial charge in [0.1, 0.15) is 0 Å². The van der Waals surface area contributed by atoms with Gasteiger partial charge >= 0.3 is 41.5 Å². The average Bonchev–Trinajstić information content (AvgIpc) is 3.12. The molecule has 0 fully saturated rings. The van der Waals surface area contributed by atoms with Crippen molar-refractivity contribution < 1.29 is 54.5 Å². The number of anilines is 2. The molecule has 248 valence electrons. The van der Waals surface area contributed by atoms with Gasteiger partial charge in [-0.05, 0) is 99.3 Å². The fourth-order valence-electron chi connectivity index (χ4n) is 5.14. The largest absolute Gasteiger partial charge is 1.00 e. The van der Waals surface area contributed by atoms with Gasteiger partial charge in [-0.2, -0.15) is 0 Å². The Labute approximate surface area is 314 Å². The van der Waals surface area contributed by atoms with Crippen molar-refractivity contribution in [3.63, 3.8) is 0 Å². The molecule has 6 aromatic rings. The average molecular weight is 675 g/mol. The summed E-state index contributed by atoms with van der Waals surface area (Å²) in [7, 11) is 0. The van der Waals surface area contributed by atoms with E-state index in [-0.39, 0.29) is 41.0 Å². The minimum absolute atomic E-state index is 0. The first-order chi connectivity index (χ1) is 23.4. The fraction of sp³-hybridized carbons (Fsp3) is 0.0952. The monoisotopic (exact) mass is 674 g/mol. The van der Waals surface area contributed by atoms with E-state index in [0.29, 0.717) is 13.2 Å². The van der Waals surface area contributed by atoms with Crippen LogP contribution in [-0.2, 0) is 27.4 Å². The summed E-state index contributed by atoms with van der Waals surface area (Å²) in [5.74, 6) is -1.26. The van der Waals surface area contributed by atoms with Crippen LogP contribution in [-0.4, -0.2) is 29.1 Å². The van der Waals surface area contributed by atoms with Crippen LogP contribution in [0, 0.1) is 0 Å². The molecule has 0 saturated carbocycles. The number of esters is 1. The predicted octanol–water partition coefficient (Wildman–Crippen LogP) is 6.41. The number of benzene rings is 6. The summed E-state index contributed by atoms with van der Waals surface area (Å²) >= 11 is 0. The van der Waals surface area contributed by atoms with E-state index in [0.717, 1.165) is 46.2 Å². The molecule has 0 aliphatic rings. The van der Waals surface area contributed by atoms with Crippen molar-refractivity contribution in [2.75, 3.05) is 17.2 Å². The third kappa shape index (κ3) is 12.4. The zero-order chi connectivity index (χ0) is 33.6. The second-order valence-corrected chi connectivity index (χ2v) is 11.1. The Hall–Kier alpha value is -5.18. The fourth-order valence-corrected chi connectivity index (χ4v) is 5.14. The van der Waals surface area contributed by atoms with Crippen LogP contribution in [0.4, 0.5) is 11.4 Å². The van der Waals surface area contributed by atoms with E-state index in [4.69, 9.17) is 9.84 Å². The normalized spacial score (nSPS) is 10.5. The summed E-state index contributed by atoms with van der Waals surface area (Å²) < 4.78 is 4.90. The maximum Gasteiger partial charge on any atom is 1.00 e. The van der Waals surface area contributed by atoms with Crippen LogP contribution in [0.1, 0.15) is 29.2 Å². The molecule has 0 bridgehead atoms. The molecule has 7 nitrogen and oxygen atoms in total. The van der Waals surface area contributed by atoms with Crippen molar-refractivity contribution in [1.82, 2.24) is 0 Å². The van der Waals surface area contributed by atoms with Crippen LogP contribution in [0.2, 0.25) is 0 Å². The van der Waals surface area contributed by atoms with E-state index in [1.807, 2.05) is 60.7 Å². The zero-order valence-electron chi connectivity index (χ0n) is 28.3. The maximum absolute atomic E-state index is 11.4. The quantitative estimate of drug-likeness (QED) is 0.0827. The molecule has 0 aromatic heterocycles. The second kappa shape index (κ2) is 20.4. The Morgan fingerprint density at radius 1 is 0.600 bits per heavy atom. The van der Waals surface area contributed by atoms with Crippen LogP contribution >= 0.6 is 0 Å². The Balaban J connectivity index is 0.000000261. The predicted molar refractivity (Wildman–Crippen MR) is 200 cm³/mol. The number of hydrogen-bond acceptors (Lipinski definition) is 6. The number of aliphatic carboxylic acids is 1. The number of carbonyl (C=O) groups is 2. The number of hydrogen-bond donors (Lipinski definition) is 3. The van der Waals surface area contributed by atoms with E-state index < -0.39 is 5.97 Å². The van der Waals surface area contributed by atoms with Crippen molar-refractivity contribution in [3.05, 3.63) is 168 Å². The van der Waals surface area contributed by atoms with Gasteiger partial charge in [0.05, 0.1) is 6.61 Å². The number of rotatable bonds is 11. The SMILES string of the molecule is CCOC(=O)/C=C/c1cccc(CNc2ccc3ccccc3c2)c1.O=C(O)/C=C/c1cccc(CNc2ccc3ccccc3c2)c1.[Na+].[OH-]. The second-order valence-electron chi connectivity index (χ2n) is 11.1. The van der Waals surface area contributed by atoms with E-state index >= 15 is 0 Å². The van der Waals surface area contributed by atoms with Gasteiger partial charge in [0.15, 0.2) is 0 Å². The summed E-state index contributed by atoms with van der Waals surface area (Å²) in [6.07, 6.45) is 5.98. The van der Waals surface area contributed by atoms with Gasteiger partial charge < -0.3 is 26.0 Å². The number of fused-ring (bicyclic) bond motifs is 2. The maximum atomic E-state index is 11.4. The van der Waals surface area contributed by atoms with E-state index in [9.17, 15) is 9.59 Å². The third-order valence-electron chi connectivity index (χ3n) is 7.51. The molecule has 0 radical (unpaired) electrons. The van der Waals surface area contributed by atoms with Gasteiger partial charge in [0.2, 0.25) is 0 Å². The van der Waals surface area contributed by atoms with Crippen LogP contribution in [0.25, 0.3) is 33.7 Å². The van der Waals surface area contributed by atoms with Gasteiger partial charge in [0, 0.05) is 36.6 Å². The molecule has 8 heteroatoms. The first kappa shape index (κ1) is 39.3. The molecule has 0 aliphatic carbocycles. The number of carboxylic acid groups (broad SMARTS) is 1. The Kier molecular flexibility index (Phi) is 16.0. The van der Waals surface area contributed by atoms with Crippen molar-refractivity contribution in [2.24, 2.45) is 0 Å². The molecule has 0 amide bonds. The number of carbonyl (C=O) groups excluding carboxylic acids is 1. The molecule has 4 N–H and O–H groups in total. The Morgan fingerprint density at radius 2 is 1.06 bits per heavy atom. The minimum atomic E-state index is -0.940. The van der Waals surface area contributed by atoms with E-state index in [1.165, 1.54) is 27.6 Å². The summed E-state index contributed by atoms with van der Waals surface area (Å²) in [6, 6.07) is 45.1.